The monoisotopic (exact) mass is 374 g/mol. The Morgan fingerprint density at radius 3 is 2.79 bits per heavy atom. The highest BCUT2D eigenvalue weighted by Crippen LogP contribution is 2.27. The highest BCUT2D eigenvalue weighted by molar-refractivity contribution is 5.94. The maximum Gasteiger partial charge on any atom is 0.360 e. The van der Waals surface area contributed by atoms with Gasteiger partial charge in [-0.2, -0.15) is 0 Å². The van der Waals surface area contributed by atoms with E-state index in [1.54, 1.807) is 29.9 Å². The number of rotatable bonds is 4. The summed E-state index contributed by atoms with van der Waals surface area (Å²) < 4.78 is 2.02. The lowest BCUT2D eigenvalue weighted by atomic mass is 10.0. The molecule has 2 aromatic carbocycles. The van der Waals surface area contributed by atoms with E-state index < -0.39 is 5.91 Å². The Morgan fingerprint density at radius 2 is 2.04 bits per heavy atom. The van der Waals surface area contributed by atoms with E-state index in [0.29, 0.717) is 5.56 Å². The maximum atomic E-state index is 11.6. The number of carbonyl (C=O) groups excluding carboxylic acids is 1. The number of hydroxylamine groups is 1. The number of fused-ring (bicyclic) bond motifs is 1. The lowest BCUT2D eigenvalue weighted by Gasteiger charge is -2.05. The molecule has 140 valence electrons. The minimum absolute atomic E-state index is 0.362. The Labute approximate surface area is 161 Å². The molecule has 0 spiro atoms. The first-order valence-electron chi connectivity index (χ1n) is 8.81. The van der Waals surface area contributed by atoms with Crippen LogP contribution in [-0.4, -0.2) is 21.1 Å². The number of benzene rings is 2. The second kappa shape index (κ2) is 7.13. The molecular formula is C21H20N5O2+. The summed E-state index contributed by atoms with van der Waals surface area (Å²) in [5.41, 5.74) is 8.12. The normalized spacial score (nSPS) is 10.8. The van der Waals surface area contributed by atoms with Crippen molar-refractivity contribution in [1.29, 1.82) is 0 Å². The first kappa shape index (κ1) is 17.7. The second-order valence-corrected chi connectivity index (χ2v) is 6.61. The van der Waals surface area contributed by atoms with Crippen LogP contribution in [0.5, 0.6) is 0 Å². The smallest absolute Gasteiger partial charge is 0.288 e. The standard InChI is InChI=1S/C21H19N5O2/c1-13-9-18-19(11-17(13)15-6-4-8-22-12-15)26(2)21(24-18)23-16-7-3-5-14(10-16)20(27)25-28/h3-12H,1-2H3,(H3,23,24,25,27,28)/p+1. The molecule has 4 N–H and O–H groups in total. The molecule has 0 saturated carbocycles. The second-order valence-electron chi connectivity index (χ2n) is 6.61. The Bertz CT molecular complexity index is 1170. The topological polar surface area (TPSA) is 93.9 Å². The predicted molar refractivity (Wildman–Crippen MR) is 106 cm³/mol. The van der Waals surface area contributed by atoms with Crippen molar-refractivity contribution in [2.24, 2.45) is 7.05 Å². The van der Waals surface area contributed by atoms with Crippen molar-refractivity contribution in [3.05, 3.63) is 72.1 Å². The molecule has 7 heteroatoms. The zero-order valence-electron chi connectivity index (χ0n) is 15.5. The number of aromatic amines is 1. The average molecular weight is 374 g/mol. The van der Waals surface area contributed by atoms with Gasteiger partial charge in [0.05, 0.1) is 12.7 Å². The Balaban J connectivity index is 1.73. The molecule has 0 atom stereocenters. The van der Waals surface area contributed by atoms with Crippen LogP contribution >= 0.6 is 0 Å². The Hall–Kier alpha value is -3.71. The van der Waals surface area contributed by atoms with Crippen molar-refractivity contribution in [1.82, 2.24) is 15.4 Å². The molecule has 0 aliphatic carbocycles. The van der Waals surface area contributed by atoms with Crippen LogP contribution in [0.3, 0.4) is 0 Å². The molecule has 1 amide bonds. The van der Waals surface area contributed by atoms with Gasteiger partial charge in [-0.1, -0.05) is 12.1 Å². The summed E-state index contributed by atoms with van der Waals surface area (Å²) in [5.74, 6) is 0.223. The number of pyridine rings is 1. The molecule has 2 aromatic heterocycles. The summed E-state index contributed by atoms with van der Waals surface area (Å²) >= 11 is 0. The van der Waals surface area contributed by atoms with Gasteiger partial charge in [0.25, 0.3) is 5.91 Å². The van der Waals surface area contributed by atoms with E-state index in [1.807, 2.05) is 36.0 Å². The molecule has 7 nitrogen and oxygen atoms in total. The number of hydrogen-bond donors (Lipinski definition) is 4. The fourth-order valence-electron chi connectivity index (χ4n) is 3.29. The van der Waals surface area contributed by atoms with Gasteiger partial charge in [0.15, 0.2) is 0 Å². The van der Waals surface area contributed by atoms with E-state index in [1.165, 1.54) is 0 Å². The van der Waals surface area contributed by atoms with Crippen LogP contribution in [-0.2, 0) is 7.05 Å². The van der Waals surface area contributed by atoms with Crippen molar-refractivity contribution in [2.75, 3.05) is 5.32 Å². The van der Waals surface area contributed by atoms with Gasteiger partial charge in [0.1, 0.15) is 11.0 Å². The highest BCUT2D eigenvalue weighted by atomic mass is 16.5. The van der Waals surface area contributed by atoms with E-state index in [9.17, 15) is 4.79 Å². The van der Waals surface area contributed by atoms with Gasteiger partial charge in [-0.05, 0) is 54.4 Å². The molecule has 28 heavy (non-hydrogen) atoms. The maximum absolute atomic E-state index is 11.6. The van der Waals surface area contributed by atoms with Crippen molar-refractivity contribution in [2.45, 2.75) is 6.92 Å². The summed E-state index contributed by atoms with van der Waals surface area (Å²) in [5, 5.41) is 12.1. The molecule has 0 aliphatic heterocycles. The zero-order chi connectivity index (χ0) is 19.7. The molecule has 0 fully saturated rings. The molecular weight excluding hydrogens is 354 g/mol. The zero-order valence-corrected chi connectivity index (χ0v) is 15.5. The molecule has 0 bridgehead atoms. The minimum atomic E-state index is -0.554. The van der Waals surface area contributed by atoms with Crippen molar-refractivity contribution in [3.63, 3.8) is 0 Å². The molecule has 2 heterocycles. The summed E-state index contributed by atoms with van der Waals surface area (Å²) in [6.45, 7) is 2.08. The molecule has 4 rings (SSSR count). The van der Waals surface area contributed by atoms with Gasteiger partial charge >= 0.3 is 5.95 Å². The summed E-state index contributed by atoms with van der Waals surface area (Å²) in [7, 11) is 1.97. The third-order valence-electron chi connectivity index (χ3n) is 4.75. The highest BCUT2D eigenvalue weighted by Gasteiger charge is 2.17. The predicted octanol–water partition coefficient (Wildman–Crippen LogP) is 3.23. The van der Waals surface area contributed by atoms with Gasteiger partial charge < -0.3 is 0 Å². The van der Waals surface area contributed by atoms with Gasteiger partial charge in [-0.25, -0.2) is 20.3 Å². The average Bonchev–Trinajstić information content (AvgIpc) is 3.02. The number of anilines is 2. The van der Waals surface area contributed by atoms with Crippen LogP contribution in [0.2, 0.25) is 0 Å². The van der Waals surface area contributed by atoms with E-state index in [4.69, 9.17) is 5.21 Å². The number of amides is 1. The summed E-state index contributed by atoms with van der Waals surface area (Å²) in [6, 6.07) is 15.1. The van der Waals surface area contributed by atoms with E-state index in [2.05, 4.69) is 34.3 Å². The van der Waals surface area contributed by atoms with Crippen molar-refractivity contribution < 1.29 is 14.6 Å². The number of nitrogens with zero attached hydrogens (tertiary/aromatic N) is 2. The number of imidazole rings is 1. The van der Waals surface area contributed by atoms with Crippen LogP contribution < -0.4 is 15.4 Å². The van der Waals surface area contributed by atoms with E-state index in [-0.39, 0.29) is 0 Å². The number of aryl methyl sites for hydroxylation is 2. The third-order valence-corrected chi connectivity index (χ3v) is 4.75. The molecule has 4 aromatic rings. The van der Waals surface area contributed by atoms with E-state index >= 15 is 0 Å². The number of nitrogens with one attached hydrogen (secondary N) is 3. The van der Waals surface area contributed by atoms with Crippen LogP contribution in [0.15, 0.2) is 60.9 Å². The molecule has 0 unspecified atom stereocenters. The van der Waals surface area contributed by atoms with Crippen LogP contribution in [0.25, 0.3) is 22.2 Å². The van der Waals surface area contributed by atoms with Crippen LogP contribution in [0.1, 0.15) is 15.9 Å². The molecule has 0 aliphatic rings. The summed E-state index contributed by atoms with van der Waals surface area (Å²) in [4.78, 5) is 19.2. The van der Waals surface area contributed by atoms with Crippen molar-refractivity contribution >= 4 is 28.6 Å². The quantitative estimate of drug-likeness (QED) is 0.251. The van der Waals surface area contributed by atoms with Gasteiger partial charge in [0.2, 0.25) is 0 Å². The number of H-pyrrole nitrogens is 1. The van der Waals surface area contributed by atoms with Crippen molar-refractivity contribution in [3.8, 4) is 11.1 Å². The summed E-state index contributed by atoms with van der Waals surface area (Å²) in [6.07, 6.45) is 3.62. The lowest BCUT2D eigenvalue weighted by molar-refractivity contribution is -0.629. The number of aromatic nitrogens is 3. The van der Waals surface area contributed by atoms with E-state index in [0.717, 1.165) is 39.4 Å². The molecule has 0 radical (unpaired) electrons. The number of hydrogen-bond acceptors (Lipinski definition) is 4. The lowest BCUT2D eigenvalue weighted by Crippen LogP contribution is -2.29. The van der Waals surface area contributed by atoms with Gasteiger partial charge in [-0.3, -0.25) is 15.0 Å². The van der Waals surface area contributed by atoms with Crippen LogP contribution in [0.4, 0.5) is 11.6 Å². The molecule has 0 saturated heterocycles. The number of carbonyl (C=O) groups is 1. The first-order chi connectivity index (χ1) is 13.6. The SMILES string of the molecule is Cc1cc2[nH]c(Nc3cccc(C(=O)NO)c3)[n+](C)c2cc1-c1cccnc1. The van der Waals surface area contributed by atoms with Gasteiger partial charge in [-0.15, -0.1) is 0 Å². The minimum Gasteiger partial charge on any atom is -0.288 e. The third kappa shape index (κ3) is 3.19. The van der Waals surface area contributed by atoms with Crippen LogP contribution in [0, 0.1) is 6.92 Å². The Morgan fingerprint density at radius 1 is 1.18 bits per heavy atom. The first-order valence-corrected chi connectivity index (χ1v) is 8.81. The fourth-order valence-corrected chi connectivity index (χ4v) is 3.29. The largest absolute Gasteiger partial charge is 0.360 e. The van der Waals surface area contributed by atoms with Gasteiger partial charge in [0, 0.05) is 23.5 Å². The Kier molecular flexibility index (Phi) is 4.50. The fraction of sp³-hybridized carbons (Fsp3) is 0.0952.